The number of aromatic nitrogens is 2. The van der Waals surface area contributed by atoms with E-state index in [1.54, 1.807) is 6.33 Å². The molecule has 1 atom stereocenters. The van der Waals surface area contributed by atoms with E-state index in [-0.39, 0.29) is 6.04 Å². The van der Waals surface area contributed by atoms with Crippen LogP contribution in [-0.4, -0.2) is 9.97 Å². The summed E-state index contributed by atoms with van der Waals surface area (Å²) in [5.74, 6) is 2.83. The standard InChI is InChI=1S/C16H23N3/c1-10-2-14(19-9-18-10)15(17)16-6-11-3-12(7-16)5-13(4-11)8-16/h2,9,11-13,15H,3-8,17H2,1H3. The molecule has 0 aromatic carbocycles. The molecule has 1 heterocycles. The Kier molecular flexibility index (Phi) is 2.50. The zero-order valence-corrected chi connectivity index (χ0v) is 11.7. The quantitative estimate of drug-likeness (QED) is 0.886. The first-order chi connectivity index (χ1) is 9.14. The van der Waals surface area contributed by atoms with Gasteiger partial charge in [0, 0.05) is 5.69 Å². The second kappa shape index (κ2) is 4.02. The minimum absolute atomic E-state index is 0.114. The lowest BCUT2D eigenvalue weighted by Crippen LogP contribution is -2.51. The molecule has 4 fully saturated rings. The Morgan fingerprint density at radius 3 is 2.21 bits per heavy atom. The zero-order chi connectivity index (χ0) is 13.0. The second-order valence-electron chi connectivity index (χ2n) is 7.34. The van der Waals surface area contributed by atoms with Crippen LogP contribution in [-0.2, 0) is 0 Å². The minimum atomic E-state index is 0.114. The van der Waals surface area contributed by atoms with Crippen molar-refractivity contribution in [3.05, 3.63) is 23.8 Å². The normalized spacial score (nSPS) is 41.5. The van der Waals surface area contributed by atoms with Crippen LogP contribution < -0.4 is 5.73 Å². The summed E-state index contributed by atoms with van der Waals surface area (Å²) in [6, 6.07) is 2.20. The van der Waals surface area contributed by atoms with Crippen molar-refractivity contribution in [3.63, 3.8) is 0 Å². The van der Waals surface area contributed by atoms with E-state index >= 15 is 0 Å². The van der Waals surface area contributed by atoms with Crippen LogP contribution in [0.15, 0.2) is 12.4 Å². The van der Waals surface area contributed by atoms with E-state index in [2.05, 4.69) is 16.0 Å². The minimum Gasteiger partial charge on any atom is -0.322 e. The lowest BCUT2D eigenvalue weighted by molar-refractivity contribution is -0.0684. The maximum Gasteiger partial charge on any atom is 0.115 e. The summed E-state index contributed by atoms with van der Waals surface area (Å²) in [6.45, 7) is 2.03. The third-order valence-corrected chi connectivity index (χ3v) is 5.89. The van der Waals surface area contributed by atoms with Crippen LogP contribution in [0.4, 0.5) is 0 Å². The lowest BCUT2D eigenvalue weighted by atomic mass is 9.47. The van der Waals surface area contributed by atoms with Gasteiger partial charge in [-0.1, -0.05) is 0 Å². The van der Waals surface area contributed by atoms with Gasteiger partial charge in [0.25, 0.3) is 0 Å². The second-order valence-corrected chi connectivity index (χ2v) is 7.34. The van der Waals surface area contributed by atoms with E-state index in [1.807, 2.05) is 6.92 Å². The van der Waals surface area contributed by atoms with Crippen LogP contribution in [0, 0.1) is 30.1 Å². The van der Waals surface area contributed by atoms with Gasteiger partial charge in [-0.3, -0.25) is 0 Å². The smallest absolute Gasteiger partial charge is 0.115 e. The molecule has 1 unspecified atom stereocenters. The van der Waals surface area contributed by atoms with Crippen molar-refractivity contribution in [2.75, 3.05) is 0 Å². The number of rotatable bonds is 2. The topological polar surface area (TPSA) is 51.8 Å². The highest BCUT2D eigenvalue weighted by Gasteiger charge is 2.53. The van der Waals surface area contributed by atoms with Gasteiger partial charge in [-0.25, -0.2) is 9.97 Å². The summed E-state index contributed by atoms with van der Waals surface area (Å²) in [7, 11) is 0. The molecule has 4 saturated carbocycles. The average Bonchev–Trinajstić information content (AvgIpc) is 2.36. The van der Waals surface area contributed by atoms with E-state index in [4.69, 9.17) is 5.73 Å². The molecule has 0 spiro atoms. The molecule has 1 aromatic rings. The predicted molar refractivity (Wildman–Crippen MR) is 74.3 cm³/mol. The van der Waals surface area contributed by atoms with Crippen LogP contribution in [0.5, 0.6) is 0 Å². The van der Waals surface area contributed by atoms with Crippen molar-refractivity contribution in [2.24, 2.45) is 28.9 Å². The fourth-order valence-electron chi connectivity index (χ4n) is 5.52. The first-order valence-electron chi connectivity index (χ1n) is 7.69. The molecule has 4 bridgehead atoms. The first kappa shape index (κ1) is 11.8. The third-order valence-electron chi connectivity index (χ3n) is 5.89. The van der Waals surface area contributed by atoms with Crippen molar-refractivity contribution in [1.82, 2.24) is 9.97 Å². The molecule has 0 saturated heterocycles. The van der Waals surface area contributed by atoms with Gasteiger partial charge in [0.15, 0.2) is 0 Å². The first-order valence-corrected chi connectivity index (χ1v) is 7.69. The Morgan fingerprint density at radius 1 is 1.11 bits per heavy atom. The Bertz CT molecular complexity index is 461. The van der Waals surface area contributed by atoms with Gasteiger partial charge in [-0.15, -0.1) is 0 Å². The third kappa shape index (κ3) is 1.82. The van der Waals surface area contributed by atoms with Gasteiger partial charge in [0.2, 0.25) is 0 Å². The van der Waals surface area contributed by atoms with Crippen LogP contribution in [0.1, 0.15) is 56.0 Å². The zero-order valence-electron chi connectivity index (χ0n) is 11.7. The molecule has 19 heavy (non-hydrogen) atoms. The SMILES string of the molecule is Cc1cc(C(N)C23CC4CC(CC(C4)C2)C3)ncn1. The molecular formula is C16H23N3. The van der Waals surface area contributed by atoms with Crippen molar-refractivity contribution >= 4 is 0 Å². The number of nitrogens with zero attached hydrogens (tertiary/aromatic N) is 2. The summed E-state index contributed by atoms with van der Waals surface area (Å²) < 4.78 is 0. The fourth-order valence-corrected chi connectivity index (χ4v) is 5.52. The molecule has 102 valence electrons. The Hall–Kier alpha value is -0.960. The summed E-state index contributed by atoms with van der Waals surface area (Å²) in [6.07, 6.45) is 10.1. The van der Waals surface area contributed by atoms with Gasteiger partial charge in [0.05, 0.1) is 11.7 Å². The van der Waals surface area contributed by atoms with E-state index in [1.165, 1.54) is 38.5 Å². The summed E-state index contributed by atoms with van der Waals surface area (Å²) in [4.78, 5) is 8.66. The van der Waals surface area contributed by atoms with Crippen molar-refractivity contribution in [1.29, 1.82) is 0 Å². The number of hydrogen-bond acceptors (Lipinski definition) is 3. The summed E-state index contributed by atoms with van der Waals surface area (Å²) in [5.41, 5.74) is 9.11. The number of nitrogens with two attached hydrogens (primary N) is 1. The highest BCUT2D eigenvalue weighted by molar-refractivity contribution is 5.17. The van der Waals surface area contributed by atoms with Crippen molar-refractivity contribution in [2.45, 2.75) is 51.5 Å². The van der Waals surface area contributed by atoms with E-state index in [0.717, 1.165) is 29.1 Å². The van der Waals surface area contributed by atoms with Crippen molar-refractivity contribution in [3.8, 4) is 0 Å². The molecule has 3 heteroatoms. The van der Waals surface area contributed by atoms with E-state index < -0.39 is 0 Å². The Labute approximate surface area is 115 Å². The largest absolute Gasteiger partial charge is 0.322 e. The molecule has 5 rings (SSSR count). The average molecular weight is 257 g/mol. The van der Waals surface area contributed by atoms with Gasteiger partial charge in [-0.05, 0) is 74.7 Å². The molecule has 4 aliphatic rings. The van der Waals surface area contributed by atoms with Crippen LogP contribution in [0.25, 0.3) is 0 Å². The molecule has 0 amide bonds. The van der Waals surface area contributed by atoms with Gasteiger partial charge in [0.1, 0.15) is 6.33 Å². The van der Waals surface area contributed by atoms with Crippen LogP contribution in [0.2, 0.25) is 0 Å². The summed E-state index contributed by atoms with van der Waals surface area (Å²) in [5, 5.41) is 0. The maximum absolute atomic E-state index is 6.67. The van der Waals surface area contributed by atoms with Crippen molar-refractivity contribution < 1.29 is 0 Å². The molecule has 4 aliphatic carbocycles. The Balaban J connectivity index is 1.68. The molecule has 0 aliphatic heterocycles. The number of aryl methyl sites for hydroxylation is 1. The van der Waals surface area contributed by atoms with Crippen LogP contribution in [0.3, 0.4) is 0 Å². The molecule has 2 N–H and O–H groups in total. The number of hydrogen-bond donors (Lipinski definition) is 1. The highest BCUT2D eigenvalue weighted by atomic mass is 14.9. The summed E-state index contributed by atoms with van der Waals surface area (Å²) >= 11 is 0. The van der Waals surface area contributed by atoms with Crippen LogP contribution >= 0.6 is 0 Å². The monoisotopic (exact) mass is 257 g/mol. The molecule has 0 radical (unpaired) electrons. The Morgan fingerprint density at radius 2 is 1.68 bits per heavy atom. The molecule has 3 nitrogen and oxygen atoms in total. The highest BCUT2D eigenvalue weighted by Crippen LogP contribution is 2.63. The fraction of sp³-hybridized carbons (Fsp3) is 0.750. The maximum atomic E-state index is 6.67. The lowest BCUT2D eigenvalue weighted by Gasteiger charge is -2.58. The van der Waals surface area contributed by atoms with Gasteiger partial charge in [-0.2, -0.15) is 0 Å². The van der Waals surface area contributed by atoms with E-state index in [0.29, 0.717) is 5.41 Å². The molecular weight excluding hydrogens is 234 g/mol. The molecule has 1 aromatic heterocycles. The van der Waals surface area contributed by atoms with Gasteiger partial charge >= 0.3 is 0 Å². The predicted octanol–water partition coefficient (Wildman–Crippen LogP) is 3.00. The van der Waals surface area contributed by atoms with Gasteiger partial charge < -0.3 is 5.73 Å². The van der Waals surface area contributed by atoms with E-state index in [9.17, 15) is 0 Å².